The Kier molecular flexibility index (Phi) is 5.77. The second-order valence-corrected chi connectivity index (χ2v) is 8.90. The number of carbonyl (C=O) groups is 2. The highest BCUT2D eigenvalue weighted by atomic mass is 16.5. The van der Waals surface area contributed by atoms with Gasteiger partial charge in [-0.1, -0.05) is 5.16 Å². The third-order valence-electron chi connectivity index (χ3n) is 6.69. The normalized spacial score (nSPS) is 17.7. The Morgan fingerprint density at radius 1 is 1.18 bits per heavy atom. The number of nitrogens with zero attached hydrogens (tertiary/aromatic N) is 5. The Labute approximate surface area is 197 Å². The van der Waals surface area contributed by atoms with E-state index in [0.29, 0.717) is 43.3 Å². The summed E-state index contributed by atoms with van der Waals surface area (Å²) in [7, 11) is 1.71. The zero-order valence-corrected chi connectivity index (χ0v) is 19.6. The van der Waals surface area contributed by atoms with E-state index < -0.39 is 0 Å². The van der Waals surface area contributed by atoms with Gasteiger partial charge in [0.1, 0.15) is 24.1 Å². The van der Waals surface area contributed by atoms with Crippen molar-refractivity contribution < 1.29 is 18.8 Å². The van der Waals surface area contributed by atoms with Gasteiger partial charge >= 0.3 is 0 Å². The first-order chi connectivity index (χ1) is 16.4. The molecule has 2 aliphatic rings. The number of likely N-dealkylation sites (N-methyl/N-ethyl adjacent to an activating group) is 1. The molecule has 0 unspecified atom stereocenters. The lowest BCUT2D eigenvalue weighted by Gasteiger charge is -2.32. The summed E-state index contributed by atoms with van der Waals surface area (Å²) in [6.07, 6.45) is 5.30. The lowest BCUT2D eigenvalue weighted by Crippen LogP contribution is -2.47. The Balaban J connectivity index is 1.26. The number of hydrogen-bond acceptors (Lipinski definition) is 7. The van der Waals surface area contributed by atoms with Crippen LogP contribution in [0.25, 0.3) is 11.3 Å². The standard InChI is InChI=1S/C25H27N5O4/c1-15-4-5-18(11-26-15)24-20(16(2)34-28-24)14-33-22-10-17-8-9-30(13-19(17)12-27-22)25(32)21-6-7-23(31)29(21)3/h4-5,10-12,21H,6-9,13-14H2,1-3H3/t21-/m0/s1. The molecule has 9 heteroatoms. The van der Waals surface area contributed by atoms with E-state index in [0.717, 1.165) is 34.4 Å². The highest BCUT2D eigenvalue weighted by Crippen LogP contribution is 2.28. The monoisotopic (exact) mass is 461 g/mol. The van der Waals surface area contributed by atoms with Crippen LogP contribution >= 0.6 is 0 Å². The minimum Gasteiger partial charge on any atom is -0.473 e. The number of aromatic nitrogens is 3. The molecule has 3 aromatic rings. The number of aryl methyl sites for hydroxylation is 2. The van der Waals surface area contributed by atoms with Gasteiger partial charge in [0, 0.05) is 56.3 Å². The Hall–Kier alpha value is -3.75. The summed E-state index contributed by atoms with van der Waals surface area (Å²) in [5.74, 6) is 1.26. The average Bonchev–Trinajstić information content (AvgIpc) is 3.38. The van der Waals surface area contributed by atoms with Crippen LogP contribution in [-0.4, -0.2) is 56.4 Å². The number of fused-ring (bicyclic) bond motifs is 1. The highest BCUT2D eigenvalue weighted by Gasteiger charge is 2.36. The first-order valence-corrected chi connectivity index (χ1v) is 11.4. The third kappa shape index (κ3) is 4.13. The third-order valence-corrected chi connectivity index (χ3v) is 6.69. The van der Waals surface area contributed by atoms with Gasteiger partial charge in [-0.2, -0.15) is 0 Å². The lowest BCUT2D eigenvalue weighted by atomic mass is 10.0. The molecule has 1 atom stereocenters. The number of hydrogen-bond donors (Lipinski definition) is 0. The van der Waals surface area contributed by atoms with Gasteiger partial charge in [0.15, 0.2) is 0 Å². The summed E-state index contributed by atoms with van der Waals surface area (Å²) < 4.78 is 11.4. The SMILES string of the molecule is Cc1ccc(-c2noc(C)c2COc2cc3c(cn2)CN(C(=O)[C@@H]2CCC(=O)N2C)CC3)cn1. The van der Waals surface area contributed by atoms with Crippen LogP contribution in [0.4, 0.5) is 0 Å². The van der Waals surface area contributed by atoms with Crippen LogP contribution in [-0.2, 0) is 29.2 Å². The maximum absolute atomic E-state index is 12.9. The zero-order chi connectivity index (χ0) is 23.8. The Bertz CT molecular complexity index is 1240. The number of ether oxygens (including phenoxy) is 1. The average molecular weight is 462 g/mol. The number of amides is 2. The maximum atomic E-state index is 12.9. The van der Waals surface area contributed by atoms with Crippen LogP contribution in [0.1, 0.15) is 41.0 Å². The minimum absolute atomic E-state index is 0.0142. The molecule has 34 heavy (non-hydrogen) atoms. The molecule has 176 valence electrons. The van der Waals surface area contributed by atoms with Crippen LogP contribution in [0.15, 0.2) is 35.1 Å². The van der Waals surface area contributed by atoms with Crippen molar-refractivity contribution in [2.24, 2.45) is 0 Å². The van der Waals surface area contributed by atoms with Crippen molar-refractivity contribution in [1.82, 2.24) is 24.9 Å². The molecule has 2 amide bonds. The second-order valence-electron chi connectivity index (χ2n) is 8.90. The van der Waals surface area contributed by atoms with E-state index in [-0.39, 0.29) is 24.5 Å². The summed E-state index contributed by atoms with van der Waals surface area (Å²) in [4.78, 5) is 36.9. The van der Waals surface area contributed by atoms with Gasteiger partial charge in [-0.15, -0.1) is 0 Å². The number of rotatable bonds is 5. The van der Waals surface area contributed by atoms with Gasteiger partial charge in [-0.25, -0.2) is 4.98 Å². The molecule has 0 aliphatic carbocycles. The van der Waals surface area contributed by atoms with Crippen molar-refractivity contribution >= 4 is 11.8 Å². The molecule has 0 bridgehead atoms. The van der Waals surface area contributed by atoms with Crippen LogP contribution in [0, 0.1) is 13.8 Å². The van der Waals surface area contributed by atoms with E-state index in [1.54, 1.807) is 24.3 Å². The van der Waals surface area contributed by atoms with Crippen LogP contribution in [0.3, 0.4) is 0 Å². The molecule has 5 rings (SSSR count). The van der Waals surface area contributed by atoms with Gasteiger partial charge < -0.3 is 19.1 Å². The van der Waals surface area contributed by atoms with Crippen molar-refractivity contribution in [3.05, 3.63) is 58.7 Å². The Morgan fingerprint density at radius 3 is 2.76 bits per heavy atom. The first-order valence-electron chi connectivity index (χ1n) is 11.4. The fourth-order valence-electron chi connectivity index (χ4n) is 4.53. The van der Waals surface area contributed by atoms with Gasteiger partial charge in [-0.05, 0) is 49.9 Å². The molecule has 3 aromatic heterocycles. The summed E-state index contributed by atoms with van der Waals surface area (Å²) in [6.45, 7) is 5.18. The molecule has 0 radical (unpaired) electrons. The highest BCUT2D eigenvalue weighted by molar-refractivity contribution is 5.90. The van der Waals surface area contributed by atoms with Crippen LogP contribution in [0.2, 0.25) is 0 Å². The summed E-state index contributed by atoms with van der Waals surface area (Å²) >= 11 is 0. The summed E-state index contributed by atoms with van der Waals surface area (Å²) in [5.41, 5.74) is 5.51. The van der Waals surface area contributed by atoms with Gasteiger partial charge in [0.2, 0.25) is 17.7 Å². The van der Waals surface area contributed by atoms with Crippen molar-refractivity contribution in [2.75, 3.05) is 13.6 Å². The molecule has 0 spiro atoms. The fourth-order valence-corrected chi connectivity index (χ4v) is 4.53. The number of carbonyl (C=O) groups excluding carboxylic acids is 2. The molecular formula is C25H27N5O4. The lowest BCUT2D eigenvalue weighted by molar-refractivity contribution is -0.140. The number of likely N-dealkylation sites (tertiary alicyclic amines) is 1. The second kappa shape index (κ2) is 8.89. The zero-order valence-electron chi connectivity index (χ0n) is 19.6. The molecule has 0 aromatic carbocycles. The predicted molar refractivity (Wildman–Crippen MR) is 123 cm³/mol. The minimum atomic E-state index is -0.352. The molecule has 0 N–H and O–H groups in total. The summed E-state index contributed by atoms with van der Waals surface area (Å²) in [6, 6.07) is 5.49. The Morgan fingerprint density at radius 2 is 2.03 bits per heavy atom. The molecular weight excluding hydrogens is 434 g/mol. The maximum Gasteiger partial charge on any atom is 0.245 e. The van der Waals surface area contributed by atoms with Crippen molar-refractivity contribution in [3.8, 4) is 17.1 Å². The van der Waals surface area contributed by atoms with Crippen molar-refractivity contribution in [3.63, 3.8) is 0 Å². The summed E-state index contributed by atoms with van der Waals surface area (Å²) in [5, 5.41) is 4.19. The topological polar surface area (TPSA) is 102 Å². The van der Waals surface area contributed by atoms with E-state index in [1.165, 1.54) is 0 Å². The number of pyridine rings is 2. The van der Waals surface area contributed by atoms with Crippen LogP contribution in [0.5, 0.6) is 5.88 Å². The molecule has 2 aliphatic heterocycles. The van der Waals surface area contributed by atoms with E-state index in [9.17, 15) is 9.59 Å². The molecule has 1 saturated heterocycles. The van der Waals surface area contributed by atoms with Gasteiger partial charge in [0.25, 0.3) is 0 Å². The van der Waals surface area contributed by atoms with Gasteiger partial charge in [0.05, 0.1) is 5.56 Å². The molecule has 0 saturated carbocycles. The van der Waals surface area contributed by atoms with Crippen molar-refractivity contribution in [1.29, 1.82) is 0 Å². The first kappa shape index (κ1) is 22.1. The molecule has 9 nitrogen and oxygen atoms in total. The van der Waals surface area contributed by atoms with E-state index in [1.807, 2.05) is 36.9 Å². The quantitative estimate of drug-likeness (QED) is 0.576. The predicted octanol–water partition coefficient (Wildman–Crippen LogP) is 2.83. The van der Waals surface area contributed by atoms with Gasteiger partial charge in [-0.3, -0.25) is 14.6 Å². The smallest absolute Gasteiger partial charge is 0.245 e. The van der Waals surface area contributed by atoms with Crippen LogP contribution < -0.4 is 4.74 Å². The van der Waals surface area contributed by atoms with Crippen molar-refractivity contribution in [2.45, 2.75) is 52.3 Å². The van der Waals surface area contributed by atoms with E-state index in [4.69, 9.17) is 9.26 Å². The largest absolute Gasteiger partial charge is 0.473 e. The fraction of sp³-hybridized carbons (Fsp3) is 0.400. The van der Waals surface area contributed by atoms with E-state index >= 15 is 0 Å². The van der Waals surface area contributed by atoms with E-state index in [2.05, 4.69) is 15.1 Å². The molecule has 5 heterocycles. The molecule has 1 fully saturated rings.